The van der Waals surface area contributed by atoms with Crippen molar-refractivity contribution in [1.29, 1.82) is 0 Å². The van der Waals surface area contributed by atoms with Gasteiger partial charge in [0.05, 0.1) is 5.60 Å². The molecule has 3 unspecified atom stereocenters. The van der Waals surface area contributed by atoms with E-state index in [1.807, 2.05) is 11.8 Å². The molecule has 0 amide bonds. The highest BCUT2D eigenvalue weighted by Gasteiger charge is 2.42. The predicted octanol–water partition coefficient (Wildman–Crippen LogP) is 4.21. The summed E-state index contributed by atoms with van der Waals surface area (Å²) < 4.78 is 6.16. The van der Waals surface area contributed by atoms with E-state index in [-0.39, 0.29) is 5.60 Å². The smallest absolute Gasteiger partial charge is 0.0783 e. The Morgan fingerprint density at radius 2 is 2.33 bits per heavy atom. The summed E-state index contributed by atoms with van der Waals surface area (Å²) in [5, 5.41) is 4.43. The standard InChI is InChI=1S/C17H24ClNOS/c1-12-4-3-5-14(15(12)18)16(19-2)13-6-8-20-17(10-13)7-9-21-11-17/h3-5,13,16,19H,6-11H2,1-2H3. The normalized spacial score (nSPS) is 30.7. The van der Waals surface area contributed by atoms with Gasteiger partial charge in [0.1, 0.15) is 0 Å². The molecule has 2 aliphatic heterocycles. The average molecular weight is 326 g/mol. The molecule has 1 spiro atoms. The molecule has 1 aromatic carbocycles. The van der Waals surface area contributed by atoms with Gasteiger partial charge >= 0.3 is 0 Å². The van der Waals surface area contributed by atoms with Crippen LogP contribution in [0.4, 0.5) is 0 Å². The zero-order valence-electron chi connectivity index (χ0n) is 12.8. The van der Waals surface area contributed by atoms with Crippen LogP contribution in [0.1, 0.15) is 36.4 Å². The lowest BCUT2D eigenvalue weighted by Gasteiger charge is -2.41. The lowest BCUT2D eigenvalue weighted by molar-refractivity contribution is -0.0850. The van der Waals surface area contributed by atoms with E-state index in [0.29, 0.717) is 12.0 Å². The molecule has 2 saturated heterocycles. The van der Waals surface area contributed by atoms with Crippen LogP contribution in [0.5, 0.6) is 0 Å². The number of hydrogen-bond donors (Lipinski definition) is 1. The first-order chi connectivity index (χ1) is 10.2. The highest BCUT2D eigenvalue weighted by atomic mass is 35.5. The molecule has 0 aliphatic carbocycles. The molecule has 0 saturated carbocycles. The topological polar surface area (TPSA) is 21.3 Å². The first kappa shape index (κ1) is 15.7. The van der Waals surface area contributed by atoms with Gasteiger partial charge in [0.15, 0.2) is 0 Å². The first-order valence-corrected chi connectivity index (χ1v) is 9.32. The number of nitrogens with one attached hydrogen (secondary N) is 1. The first-order valence-electron chi connectivity index (χ1n) is 7.79. The third-order valence-electron chi connectivity index (χ3n) is 4.94. The van der Waals surface area contributed by atoms with Crippen LogP contribution >= 0.6 is 23.4 Å². The van der Waals surface area contributed by atoms with Gasteiger partial charge in [-0.1, -0.05) is 29.8 Å². The lowest BCUT2D eigenvalue weighted by Crippen LogP contribution is -2.43. The molecule has 0 radical (unpaired) electrons. The van der Waals surface area contributed by atoms with Gasteiger partial charge in [-0.2, -0.15) is 11.8 Å². The fraction of sp³-hybridized carbons (Fsp3) is 0.647. The Hall–Kier alpha value is -0.220. The van der Waals surface area contributed by atoms with Gasteiger partial charge in [0.2, 0.25) is 0 Å². The van der Waals surface area contributed by atoms with Crippen LogP contribution in [0.25, 0.3) is 0 Å². The Morgan fingerprint density at radius 1 is 1.48 bits per heavy atom. The third kappa shape index (κ3) is 3.12. The zero-order valence-corrected chi connectivity index (χ0v) is 14.4. The molecule has 2 nitrogen and oxygen atoms in total. The second kappa shape index (κ2) is 6.49. The molecule has 0 aromatic heterocycles. The molecule has 0 bridgehead atoms. The number of hydrogen-bond acceptors (Lipinski definition) is 3. The van der Waals surface area contributed by atoms with Gasteiger partial charge < -0.3 is 10.1 Å². The van der Waals surface area contributed by atoms with E-state index in [4.69, 9.17) is 16.3 Å². The molecule has 116 valence electrons. The summed E-state index contributed by atoms with van der Waals surface area (Å²) in [6.45, 7) is 2.96. The molecule has 3 atom stereocenters. The summed E-state index contributed by atoms with van der Waals surface area (Å²) >= 11 is 8.59. The van der Waals surface area contributed by atoms with E-state index in [2.05, 4.69) is 37.5 Å². The summed E-state index contributed by atoms with van der Waals surface area (Å²) in [5.74, 6) is 2.99. The maximum atomic E-state index is 6.56. The average Bonchev–Trinajstić information content (AvgIpc) is 2.92. The second-order valence-electron chi connectivity index (χ2n) is 6.33. The zero-order chi connectivity index (χ0) is 14.9. The van der Waals surface area contributed by atoms with Gasteiger partial charge in [0, 0.05) is 23.4 Å². The Bertz CT molecular complexity index is 502. The minimum Gasteiger partial charge on any atom is -0.374 e. The van der Waals surface area contributed by atoms with Crippen LogP contribution < -0.4 is 5.32 Å². The fourth-order valence-corrected chi connectivity index (χ4v) is 5.39. The molecule has 21 heavy (non-hydrogen) atoms. The Kier molecular flexibility index (Phi) is 4.84. The van der Waals surface area contributed by atoms with E-state index >= 15 is 0 Å². The largest absolute Gasteiger partial charge is 0.374 e. The monoisotopic (exact) mass is 325 g/mol. The number of ether oxygens (including phenoxy) is 1. The number of benzene rings is 1. The van der Waals surface area contributed by atoms with Crippen molar-refractivity contribution in [2.24, 2.45) is 5.92 Å². The van der Waals surface area contributed by atoms with Crippen molar-refractivity contribution in [3.05, 3.63) is 34.3 Å². The Morgan fingerprint density at radius 3 is 3.05 bits per heavy atom. The molecule has 1 aromatic rings. The van der Waals surface area contributed by atoms with Crippen LogP contribution in [0.15, 0.2) is 18.2 Å². The maximum absolute atomic E-state index is 6.56. The molecule has 1 N–H and O–H groups in total. The van der Waals surface area contributed by atoms with E-state index in [9.17, 15) is 0 Å². The number of rotatable bonds is 3. The molecule has 2 fully saturated rings. The van der Waals surface area contributed by atoms with Gasteiger partial charge in [0.25, 0.3) is 0 Å². The van der Waals surface area contributed by atoms with E-state index in [0.717, 1.165) is 35.8 Å². The van der Waals surface area contributed by atoms with Crippen molar-refractivity contribution in [1.82, 2.24) is 5.32 Å². The van der Waals surface area contributed by atoms with Crippen LogP contribution in [-0.4, -0.2) is 30.8 Å². The quantitative estimate of drug-likeness (QED) is 0.899. The van der Waals surface area contributed by atoms with Crippen LogP contribution in [-0.2, 0) is 4.74 Å². The van der Waals surface area contributed by atoms with Crippen molar-refractivity contribution < 1.29 is 4.74 Å². The second-order valence-corrected chi connectivity index (χ2v) is 7.81. The van der Waals surface area contributed by atoms with Gasteiger partial charge in [-0.15, -0.1) is 0 Å². The number of thioether (sulfide) groups is 1. The maximum Gasteiger partial charge on any atom is 0.0783 e. The highest BCUT2D eigenvalue weighted by Crippen LogP contribution is 2.44. The Labute approximate surface area is 137 Å². The molecule has 2 aliphatic rings. The molecular weight excluding hydrogens is 302 g/mol. The third-order valence-corrected chi connectivity index (χ3v) is 6.68. The van der Waals surface area contributed by atoms with E-state index < -0.39 is 0 Å². The lowest BCUT2D eigenvalue weighted by atomic mass is 9.79. The van der Waals surface area contributed by atoms with Crippen molar-refractivity contribution in [3.8, 4) is 0 Å². The number of aryl methyl sites for hydroxylation is 1. The fourth-order valence-electron chi connectivity index (χ4n) is 3.77. The summed E-state index contributed by atoms with van der Waals surface area (Å²) in [7, 11) is 2.05. The summed E-state index contributed by atoms with van der Waals surface area (Å²) in [5.41, 5.74) is 2.53. The van der Waals surface area contributed by atoms with Crippen molar-refractivity contribution in [2.45, 2.75) is 37.8 Å². The van der Waals surface area contributed by atoms with Crippen LogP contribution in [0.3, 0.4) is 0 Å². The predicted molar refractivity (Wildman–Crippen MR) is 91.3 cm³/mol. The molecule has 4 heteroatoms. The van der Waals surface area contributed by atoms with Crippen LogP contribution in [0.2, 0.25) is 5.02 Å². The molecule has 3 rings (SSSR count). The minimum absolute atomic E-state index is 0.124. The van der Waals surface area contributed by atoms with Gasteiger partial charge in [-0.3, -0.25) is 0 Å². The Balaban J connectivity index is 1.84. The molecule has 2 heterocycles. The van der Waals surface area contributed by atoms with Crippen molar-refractivity contribution >= 4 is 23.4 Å². The van der Waals surface area contributed by atoms with Crippen LogP contribution in [0, 0.1) is 12.8 Å². The van der Waals surface area contributed by atoms with Crippen molar-refractivity contribution in [2.75, 3.05) is 25.2 Å². The van der Waals surface area contributed by atoms with Gasteiger partial charge in [-0.05, 0) is 56.0 Å². The van der Waals surface area contributed by atoms with Gasteiger partial charge in [-0.25, -0.2) is 0 Å². The van der Waals surface area contributed by atoms with E-state index in [1.54, 1.807) is 0 Å². The van der Waals surface area contributed by atoms with E-state index in [1.165, 1.54) is 17.7 Å². The summed E-state index contributed by atoms with van der Waals surface area (Å²) in [4.78, 5) is 0. The summed E-state index contributed by atoms with van der Waals surface area (Å²) in [6, 6.07) is 6.69. The summed E-state index contributed by atoms with van der Waals surface area (Å²) in [6.07, 6.45) is 3.46. The van der Waals surface area contributed by atoms with Crippen molar-refractivity contribution in [3.63, 3.8) is 0 Å². The highest BCUT2D eigenvalue weighted by molar-refractivity contribution is 7.99. The number of halogens is 1. The minimum atomic E-state index is 0.124. The SMILES string of the molecule is CNC(c1cccc(C)c1Cl)C1CCOC2(CCSC2)C1. The molecular formula is C17H24ClNOS.